The second-order valence-electron chi connectivity index (χ2n) is 4.67. The molecule has 0 amide bonds. The lowest BCUT2D eigenvalue weighted by Crippen LogP contribution is -2.24. The van der Waals surface area contributed by atoms with E-state index in [2.05, 4.69) is 12.6 Å². The van der Waals surface area contributed by atoms with E-state index in [1.165, 1.54) is 12.1 Å². The molecule has 1 aromatic carbocycles. The van der Waals surface area contributed by atoms with Crippen molar-refractivity contribution in [3.8, 4) is 11.3 Å². The molecular formula is C15H16N2O3S. The molecule has 1 heterocycles. The highest BCUT2D eigenvalue weighted by atomic mass is 32.1. The second kappa shape index (κ2) is 6.58. The van der Waals surface area contributed by atoms with E-state index in [0.29, 0.717) is 29.1 Å². The summed E-state index contributed by atoms with van der Waals surface area (Å²) in [5, 5.41) is 10.9. The van der Waals surface area contributed by atoms with Gasteiger partial charge in [-0.15, -0.1) is 0 Å². The smallest absolute Gasteiger partial charge is 0.270 e. The van der Waals surface area contributed by atoms with Gasteiger partial charge < -0.3 is 4.57 Å². The van der Waals surface area contributed by atoms with E-state index in [4.69, 9.17) is 0 Å². The zero-order valence-corrected chi connectivity index (χ0v) is 12.5. The van der Waals surface area contributed by atoms with Gasteiger partial charge in [-0.25, -0.2) is 0 Å². The number of nitrogens with zero attached hydrogens (tertiary/aromatic N) is 2. The minimum Gasteiger partial charge on any atom is -0.308 e. The van der Waals surface area contributed by atoms with Gasteiger partial charge in [0.1, 0.15) is 0 Å². The standard InChI is InChI=1S/C15H16N2O3S/c1-2-8-16-14(7-6-12(10-21)15(16)18)11-4-3-5-13(9-11)17(19)20/h3-7,9,21H,2,8,10H2,1H3. The van der Waals surface area contributed by atoms with Crippen LogP contribution in [0.25, 0.3) is 11.3 Å². The van der Waals surface area contributed by atoms with Crippen molar-refractivity contribution in [2.24, 2.45) is 0 Å². The number of thiol groups is 1. The van der Waals surface area contributed by atoms with Crippen LogP contribution in [0.4, 0.5) is 5.69 Å². The monoisotopic (exact) mass is 304 g/mol. The molecule has 0 atom stereocenters. The second-order valence-corrected chi connectivity index (χ2v) is 4.98. The summed E-state index contributed by atoms with van der Waals surface area (Å²) in [6.45, 7) is 2.55. The Morgan fingerprint density at radius 1 is 1.29 bits per heavy atom. The van der Waals surface area contributed by atoms with E-state index in [0.717, 1.165) is 6.42 Å². The van der Waals surface area contributed by atoms with Gasteiger partial charge >= 0.3 is 0 Å². The number of hydrogen-bond acceptors (Lipinski definition) is 4. The van der Waals surface area contributed by atoms with Crippen LogP contribution in [0.3, 0.4) is 0 Å². The molecule has 2 aromatic rings. The van der Waals surface area contributed by atoms with Crippen LogP contribution in [0.5, 0.6) is 0 Å². The summed E-state index contributed by atoms with van der Waals surface area (Å²) < 4.78 is 1.66. The highest BCUT2D eigenvalue weighted by Gasteiger charge is 2.12. The van der Waals surface area contributed by atoms with Gasteiger partial charge in [0.15, 0.2) is 0 Å². The first-order valence-electron chi connectivity index (χ1n) is 6.67. The van der Waals surface area contributed by atoms with Crippen LogP contribution in [-0.4, -0.2) is 9.49 Å². The fourth-order valence-corrected chi connectivity index (χ4v) is 2.46. The van der Waals surface area contributed by atoms with Crippen molar-refractivity contribution in [1.82, 2.24) is 4.57 Å². The predicted octanol–water partition coefficient (Wildman–Crippen LogP) is 3.26. The number of aromatic nitrogens is 1. The first-order chi connectivity index (χ1) is 10.1. The van der Waals surface area contributed by atoms with E-state index < -0.39 is 4.92 Å². The number of non-ortho nitro benzene ring substituents is 1. The Morgan fingerprint density at radius 2 is 2.05 bits per heavy atom. The number of nitro groups is 1. The van der Waals surface area contributed by atoms with Crippen molar-refractivity contribution >= 4 is 18.3 Å². The zero-order chi connectivity index (χ0) is 15.4. The molecule has 0 aliphatic carbocycles. The van der Waals surface area contributed by atoms with Crippen molar-refractivity contribution in [3.05, 3.63) is 62.4 Å². The molecule has 0 saturated heterocycles. The Kier molecular flexibility index (Phi) is 4.80. The van der Waals surface area contributed by atoms with Gasteiger partial charge in [-0.2, -0.15) is 12.6 Å². The number of nitro benzene ring substituents is 1. The van der Waals surface area contributed by atoms with Crippen LogP contribution in [0.2, 0.25) is 0 Å². The average molecular weight is 304 g/mol. The molecule has 5 nitrogen and oxygen atoms in total. The third-order valence-corrected chi connectivity index (χ3v) is 3.56. The third-order valence-electron chi connectivity index (χ3n) is 3.22. The maximum atomic E-state index is 12.4. The summed E-state index contributed by atoms with van der Waals surface area (Å²) in [6.07, 6.45) is 0.803. The van der Waals surface area contributed by atoms with Gasteiger partial charge in [0.05, 0.1) is 10.6 Å². The third kappa shape index (κ3) is 3.16. The molecule has 0 spiro atoms. The van der Waals surface area contributed by atoms with E-state index in [1.807, 2.05) is 13.0 Å². The van der Waals surface area contributed by atoms with Gasteiger partial charge in [0, 0.05) is 35.6 Å². The minimum atomic E-state index is -0.437. The van der Waals surface area contributed by atoms with Gasteiger partial charge in [0.25, 0.3) is 11.2 Å². The zero-order valence-electron chi connectivity index (χ0n) is 11.7. The lowest BCUT2D eigenvalue weighted by molar-refractivity contribution is -0.384. The first kappa shape index (κ1) is 15.3. The Labute approximate surface area is 127 Å². The van der Waals surface area contributed by atoms with Crippen molar-refractivity contribution in [1.29, 1.82) is 0 Å². The van der Waals surface area contributed by atoms with Crippen molar-refractivity contribution < 1.29 is 4.92 Å². The van der Waals surface area contributed by atoms with Crippen LogP contribution in [0.1, 0.15) is 18.9 Å². The molecule has 0 unspecified atom stereocenters. The largest absolute Gasteiger partial charge is 0.308 e. The summed E-state index contributed by atoms with van der Waals surface area (Å²) in [4.78, 5) is 22.8. The van der Waals surface area contributed by atoms with Crippen LogP contribution in [-0.2, 0) is 12.3 Å². The van der Waals surface area contributed by atoms with Gasteiger partial charge in [-0.1, -0.05) is 25.1 Å². The van der Waals surface area contributed by atoms with E-state index in [1.54, 1.807) is 22.8 Å². The quantitative estimate of drug-likeness (QED) is 0.524. The van der Waals surface area contributed by atoms with E-state index >= 15 is 0 Å². The maximum Gasteiger partial charge on any atom is 0.270 e. The van der Waals surface area contributed by atoms with Gasteiger partial charge in [0.2, 0.25) is 0 Å². The SMILES string of the molecule is CCCn1c(-c2cccc([N+](=O)[O-])c2)ccc(CS)c1=O. The number of hydrogen-bond donors (Lipinski definition) is 1. The molecule has 0 radical (unpaired) electrons. The molecule has 0 aliphatic rings. The van der Waals surface area contributed by atoms with E-state index in [-0.39, 0.29) is 11.2 Å². The average Bonchev–Trinajstić information content (AvgIpc) is 2.49. The highest BCUT2D eigenvalue weighted by molar-refractivity contribution is 7.79. The Hall–Kier alpha value is -2.08. The molecule has 1 aromatic heterocycles. The van der Waals surface area contributed by atoms with Gasteiger partial charge in [-0.3, -0.25) is 14.9 Å². The number of pyridine rings is 1. The minimum absolute atomic E-state index is 0.0151. The lowest BCUT2D eigenvalue weighted by Gasteiger charge is -2.13. The summed E-state index contributed by atoms with van der Waals surface area (Å²) in [6, 6.07) is 9.88. The van der Waals surface area contributed by atoms with Crippen molar-refractivity contribution in [2.45, 2.75) is 25.6 Å². The maximum absolute atomic E-state index is 12.4. The fraction of sp³-hybridized carbons (Fsp3) is 0.267. The fourth-order valence-electron chi connectivity index (χ4n) is 2.22. The molecule has 110 valence electrons. The molecule has 21 heavy (non-hydrogen) atoms. The molecule has 2 rings (SSSR count). The molecule has 6 heteroatoms. The van der Waals surface area contributed by atoms with Gasteiger partial charge in [-0.05, 0) is 12.5 Å². The van der Waals surface area contributed by atoms with E-state index in [9.17, 15) is 14.9 Å². The summed E-state index contributed by atoms with van der Waals surface area (Å²) in [5.74, 6) is 0.373. The summed E-state index contributed by atoms with van der Waals surface area (Å²) in [5.41, 5.74) is 1.91. The Morgan fingerprint density at radius 3 is 2.67 bits per heavy atom. The molecule has 0 saturated carbocycles. The highest BCUT2D eigenvalue weighted by Crippen LogP contribution is 2.23. The topological polar surface area (TPSA) is 65.1 Å². The van der Waals surface area contributed by atoms with Crippen LogP contribution in [0.15, 0.2) is 41.2 Å². The van der Waals surface area contributed by atoms with Crippen LogP contribution >= 0.6 is 12.6 Å². The lowest BCUT2D eigenvalue weighted by atomic mass is 10.1. The molecule has 0 bridgehead atoms. The van der Waals surface area contributed by atoms with Crippen LogP contribution in [0, 0.1) is 10.1 Å². The molecule has 0 fully saturated rings. The Bertz CT molecular complexity index is 725. The van der Waals surface area contributed by atoms with Crippen molar-refractivity contribution in [3.63, 3.8) is 0 Å². The first-order valence-corrected chi connectivity index (χ1v) is 7.30. The summed E-state index contributed by atoms with van der Waals surface area (Å²) >= 11 is 4.16. The molecule has 0 N–H and O–H groups in total. The van der Waals surface area contributed by atoms with Crippen LogP contribution < -0.4 is 5.56 Å². The normalized spacial score (nSPS) is 10.6. The molecular weight excluding hydrogens is 288 g/mol. The number of benzene rings is 1. The van der Waals surface area contributed by atoms with Crippen molar-refractivity contribution in [2.75, 3.05) is 0 Å². The predicted molar refractivity (Wildman–Crippen MR) is 85.8 cm³/mol. The Balaban J connectivity index is 2.63. The number of rotatable bonds is 5. The summed E-state index contributed by atoms with van der Waals surface area (Å²) in [7, 11) is 0. The molecule has 0 aliphatic heterocycles.